The lowest BCUT2D eigenvalue weighted by Gasteiger charge is -2.31. The summed E-state index contributed by atoms with van der Waals surface area (Å²) in [6.45, 7) is 5.79. The molecule has 1 aromatic carbocycles. The summed E-state index contributed by atoms with van der Waals surface area (Å²) in [5.74, 6) is -0.171. The van der Waals surface area contributed by atoms with E-state index < -0.39 is 17.8 Å². The number of para-hydroxylation sites is 1. The van der Waals surface area contributed by atoms with Crippen molar-refractivity contribution in [1.82, 2.24) is 0 Å². The summed E-state index contributed by atoms with van der Waals surface area (Å²) >= 11 is 0. The van der Waals surface area contributed by atoms with E-state index in [1.807, 2.05) is 20.8 Å². The molecule has 2 N–H and O–H groups in total. The maximum atomic E-state index is 12.8. The monoisotopic (exact) mass is 261 g/mol. The Kier molecular flexibility index (Phi) is 4.27. The molecule has 0 heterocycles. The fourth-order valence-electron chi connectivity index (χ4n) is 1.54. The predicted molar refractivity (Wildman–Crippen MR) is 64.4 cm³/mol. The molecule has 0 fully saturated rings. The van der Waals surface area contributed by atoms with Crippen LogP contribution in [0.15, 0.2) is 24.3 Å². The third-order valence-electron chi connectivity index (χ3n) is 2.64. The van der Waals surface area contributed by atoms with Gasteiger partial charge >= 0.3 is 6.18 Å². The molecule has 1 atom stereocenters. The molecule has 0 saturated heterocycles. The molecule has 0 aliphatic heterocycles. The Labute approximate surface area is 105 Å². The van der Waals surface area contributed by atoms with Crippen LogP contribution < -0.4 is 10.5 Å². The van der Waals surface area contributed by atoms with Crippen LogP contribution in [0.25, 0.3) is 0 Å². The van der Waals surface area contributed by atoms with E-state index in [1.165, 1.54) is 18.2 Å². The van der Waals surface area contributed by atoms with Crippen molar-refractivity contribution in [1.29, 1.82) is 0 Å². The van der Waals surface area contributed by atoms with E-state index in [1.54, 1.807) is 0 Å². The second-order valence-corrected chi connectivity index (χ2v) is 5.20. The molecule has 2 nitrogen and oxygen atoms in total. The SMILES string of the molecule is CC(C)(C)C(CN)Oc1ccccc1C(F)(F)F. The minimum absolute atomic E-state index is 0.162. The molecular formula is C13H18F3NO. The van der Waals surface area contributed by atoms with Crippen molar-refractivity contribution < 1.29 is 17.9 Å². The van der Waals surface area contributed by atoms with Crippen LogP contribution in [0.2, 0.25) is 0 Å². The molecule has 1 rings (SSSR count). The van der Waals surface area contributed by atoms with Crippen molar-refractivity contribution >= 4 is 0 Å². The number of ether oxygens (including phenoxy) is 1. The molecule has 0 bridgehead atoms. The summed E-state index contributed by atoms with van der Waals surface area (Å²) in [6, 6.07) is 5.17. The lowest BCUT2D eigenvalue weighted by atomic mass is 9.89. The van der Waals surface area contributed by atoms with E-state index in [9.17, 15) is 13.2 Å². The minimum Gasteiger partial charge on any atom is -0.488 e. The van der Waals surface area contributed by atoms with Crippen LogP contribution in [-0.4, -0.2) is 12.6 Å². The molecule has 5 heteroatoms. The summed E-state index contributed by atoms with van der Waals surface area (Å²) in [5.41, 5.74) is 4.46. The van der Waals surface area contributed by atoms with Crippen molar-refractivity contribution in [3.8, 4) is 5.75 Å². The molecular weight excluding hydrogens is 243 g/mol. The molecule has 0 spiro atoms. The van der Waals surface area contributed by atoms with E-state index in [0.717, 1.165) is 6.07 Å². The van der Waals surface area contributed by atoms with Gasteiger partial charge in [0.25, 0.3) is 0 Å². The zero-order valence-electron chi connectivity index (χ0n) is 10.7. The first-order chi connectivity index (χ1) is 8.16. The molecule has 0 saturated carbocycles. The Balaban J connectivity index is 3.04. The number of nitrogens with two attached hydrogens (primary N) is 1. The average Bonchev–Trinajstić information content (AvgIpc) is 2.23. The zero-order valence-corrected chi connectivity index (χ0v) is 10.7. The fraction of sp³-hybridized carbons (Fsp3) is 0.538. The summed E-state index contributed by atoms with van der Waals surface area (Å²) < 4.78 is 43.8. The number of alkyl halides is 3. The average molecular weight is 261 g/mol. The molecule has 1 aromatic rings. The van der Waals surface area contributed by atoms with Gasteiger partial charge in [-0.25, -0.2) is 0 Å². The minimum atomic E-state index is -4.42. The van der Waals surface area contributed by atoms with Gasteiger partial charge in [-0.1, -0.05) is 32.9 Å². The van der Waals surface area contributed by atoms with Crippen LogP contribution >= 0.6 is 0 Å². The topological polar surface area (TPSA) is 35.2 Å². The number of rotatable bonds is 3. The van der Waals surface area contributed by atoms with Crippen molar-refractivity contribution in [3.05, 3.63) is 29.8 Å². The largest absolute Gasteiger partial charge is 0.488 e. The highest BCUT2D eigenvalue weighted by Gasteiger charge is 2.35. The van der Waals surface area contributed by atoms with Crippen LogP contribution in [0.3, 0.4) is 0 Å². The van der Waals surface area contributed by atoms with Gasteiger partial charge < -0.3 is 10.5 Å². The van der Waals surface area contributed by atoms with Gasteiger partial charge in [0.15, 0.2) is 0 Å². The number of benzene rings is 1. The predicted octanol–water partition coefficient (Wildman–Crippen LogP) is 3.46. The number of hydrogen-bond donors (Lipinski definition) is 1. The number of hydrogen-bond acceptors (Lipinski definition) is 2. The van der Waals surface area contributed by atoms with E-state index >= 15 is 0 Å². The Morgan fingerprint density at radius 3 is 2.17 bits per heavy atom. The Hall–Kier alpha value is -1.23. The van der Waals surface area contributed by atoms with Crippen molar-refractivity contribution in [2.45, 2.75) is 33.1 Å². The van der Waals surface area contributed by atoms with Gasteiger partial charge in [0.05, 0.1) is 5.56 Å². The highest BCUT2D eigenvalue weighted by molar-refractivity contribution is 5.35. The maximum absolute atomic E-state index is 12.8. The van der Waals surface area contributed by atoms with Crippen LogP contribution in [0.5, 0.6) is 5.75 Å². The van der Waals surface area contributed by atoms with Crippen molar-refractivity contribution in [2.24, 2.45) is 11.1 Å². The fourth-order valence-corrected chi connectivity index (χ4v) is 1.54. The molecule has 0 aliphatic carbocycles. The lowest BCUT2D eigenvalue weighted by Crippen LogP contribution is -2.39. The standard InChI is InChI=1S/C13H18F3NO/c1-12(2,3)11(8-17)18-10-7-5-4-6-9(10)13(14,15)16/h4-7,11H,8,17H2,1-3H3. The zero-order chi connectivity index (χ0) is 14.0. The van der Waals surface area contributed by atoms with Gasteiger partial charge in [-0.2, -0.15) is 13.2 Å². The second-order valence-electron chi connectivity index (χ2n) is 5.20. The first-order valence-corrected chi connectivity index (χ1v) is 5.69. The van der Waals surface area contributed by atoms with E-state index in [-0.39, 0.29) is 17.7 Å². The van der Waals surface area contributed by atoms with E-state index in [0.29, 0.717) is 0 Å². The van der Waals surface area contributed by atoms with Gasteiger partial charge in [0.1, 0.15) is 11.9 Å². The first-order valence-electron chi connectivity index (χ1n) is 5.69. The number of halogens is 3. The van der Waals surface area contributed by atoms with Gasteiger partial charge in [-0.05, 0) is 12.1 Å². The van der Waals surface area contributed by atoms with Crippen LogP contribution in [0.1, 0.15) is 26.3 Å². The third kappa shape index (κ3) is 3.63. The smallest absolute Gasteiger partial charge is 0.419 e. The van der Waals surface area contributed by atoms with Crippen LogP contribution in [-0.2, 0) is 6.18 Å². The van der Waals surface area contributed by atoms with E-state index in [4.69, 9.17) is 10.5 Å². The van der Waals surface area contributed by atoms with Crippen LogP contribution in [0, 0.1) is 5.41 Å². The van der Waals surface area contributed by atoms with Crippen LogP contribution in [0.4, 0.5) is 13.2 Å². The Morgan fingerprint density at radius 2 is 1.72 bits per heavy atom. The molecule has 0 aromatic heterocycles. The normalized spacial score (nSPS) is 14.4. The van der Waals surface area contributed by atoms with Crippen molar-refractivity contribution in [2.75, 3.05) is 6.54 Å². The maximum Gasteiger partial charge on any atom is 0.419 e. The molecule has 1 unspecified atom stereocenters. The highest BCUT2D eigenvalue weighted by Crippen LogP contribution is 2.37. The Morgan fingerprint density at radius 1 is 1.17 bits per heavy atom. The van der Waals surface area contributed by atoms with E-state index in [2.05, 4.69) is 0 Å². The van der Waals surface area contributed by atoms with Crippen molar-refractivity contribution in [3.63, 3.8) is 0 Å². The Bertz CT molecular complexity index is 396. The quantitative estimate of drug-likeness (QED) is 0.904. The van der Waals surface area contributed by atoms with Gasteiger partial charge in [0, 0.05) is 12.0 Å². The lowest BCUT2D eigenvalue weighted by molar-refractivity contribution is -0.139. The summed E-state index contributed by atoms with van der Waals surface area (Å²) in [5, 5.41) is 0. The van der Waals surface area contributed by atoms with Gasteiger partial charge in [-0.3, -0.25) is 0 Å². The summed E-state index contributed by atoms with van der Waals surface area (Å²) in [7, 11) is 0. The molecule has 0 amide bonds. The highest BCUT2D eigenvalue weighted by atomic mass is 19.4. The molecule has 18 heavy (non-hydrogen) atoms. The van der Waals surface area contributed by atoms with Gasteiger partial charge in [-0.15, -0.1) is 0 Å². The molecule has 0 radical (unpaired) electrons. The first kappa shape index (κ1) is 14.8. The third-order valence-corrected chi connectivity index (χ3v) is 2.64. The molecule has 102 valence electrons. The second kappa shape index (κ2) is 5.18. The summed E-state index contributed by atoms with van der Waals surface area (Å²) in [4.78, 5) is 0. The van der Waals surface area contributed by atoms with Gasteiger partial charge in [0.2, 0.25) is 0 Å². The molecule has 0 aliphatic rings. The summed E-state index contributed by atoms with van der Waals surface area (Å²) in [6.07, 6.45) is -4.89.